The molecule has 5 heteroatoms. The Kier molecular flexibility index (Phi) is 4.78. The number of amides is 1. The fraction of sp³-hybridized carbons (Fsp3) is 0.533. The molecule has 2 aliphatic rings. The van der Waals surface area contributed by atoms with E-state index in [-0.39, 0.29) is 12.5 Å². The minimum atomic E-state index is -0.0153. The zero-order chi connectivity index (χ0) is 13.8. The van der Waals surface area contributed by atoms with Crippen molar-refractivity contribution in [2.75, 3.05) is 24.7 Å². The normalized spacial score (nSPS) is 19.0. The first-order valence-electron chi connectivity index (χ1n) is 7.04. The predicted octanol–water partition coefficient (Wildman–Crippen LogP) is 3.07. The molecule has 0 atom stereocenters. The summed E-state index contributed by atoms with van der Waals surface area (Å²) in [5.41, 5.74) is 1.20. The van der Waals surface area contributed by atoms with Crippen LogP contribution in [0, 0.1) is 5.92 Å². The monoisotopic (exact) mass is 309 g/mol. The van der Waals surface area contributed by atoms with Crippen molar-refractivity contribution in [1.29, 1.82) is 0 Å². The van der Waals surface area contributed by atoms with Gasteiger partial charge in [-0.15, -0.1) is 23.5 Å². The van der Waals surface area contributed by atoms with Gasteiger partial charge in [0.15, 0.2) is 6.61 Å². The summed E-state index contributed by atoms with van der Waals surface area (Å²) in [4.78, 5) is 11.7. The van der Waals surface area contributed by atoms with Crippen LogP contribution in [0.4, 0.5) is 0 Å². The molecule has 1 aromatic rings. The number of hydrogen-bond acceptors (Lipinski definition) is 4. The van der Waals surface area contributed by atoms with E-state index in [1.807, 2.05) is 41.7 Å². The zero-order valence-corrected chi connectivity index (χ0v) is 13.0. The minimum Gasteiger partial charge on any atom is -0.483 e. The quantitative estimate of drug-likeness (QED) is 0.876. The number of rotatable bonds is 6. The maximum Gasteiger partial charge on any atom is 0.257 e. The van der Waals surface area contributed by atoms with Crippen molar-refractivity contribution in [3.63, 3.8) is 0 Å². The predicted molar refractivity (Wildman–Crippen MR) is 85.3 cm³/mol. The number of carbonyl (C=O) groups is 1. The van der Waals surface area contributed by atoms with Gasteiger partial charge in [-0.2, -0.15) is 0 Å². The Hall–Kier alpha value is -0.810. The van der Waals surface area contributed by atoms with Crippen LogP contribution in [-0.2, 0) is 4.79 Å². The lowest BCUT2D eigenvalue weighted by Gasteiger charge is -2.15. The molecule has 0 spiro atoms. The van der Waals surface area contributed by atoms with Crippen LogP contribution in [0.15, 0.2) is 24.3 Å². The van der Waals surface area contributed by atoms with Crippen molar-refractivity contribution in [1.82, 2.24) is 5.32 Å². The molecular weight excluding hydrogens is 290 g/mol. The molecule has 1 aliphatic heterocycles. The van der Waals surface area contributed by atoms with Crippen molar-refractivity contribution in [2.45, 2.75) is 17.4 Å². The number of para-hydroxylation sites is 1. The smallest absolute Gasteiger partial charge is 0.257 e. The summed E-state index contributed by atoms with van der Waals surface area (Å²) in [6, 6.07) is 8.07. The Bertz CT molecular complexity index is 471. The number of ether oxygens (including phenoxy) is 1. The van der Waals surface area contributed by atoms with Crippen LogP contribution < -0.4 is 10.1 Å². The van der Waals surface area contributed by atoms with Crippen LogP contribution in [0.2, 0.25) is 0 Å². The summed E-state index contributed by atoms with van der Waals surface area (Å²) >= 11 is 3.90. The first-order valence-corrected chi connectivity index (χ1v) is 9.14. The molecular formula is C15H19NO2S2. The molecule has 0 radical (unpaired) electrons. The van der Waals surface area contributed by atoms with Crippen LogP contribution in [0.5, 0.6) is 5.75 Å². The Morgan fingerprint density at radius 3 is 2.75 bits per heavy atom. The standard InChI is InChI=1S/C15H19NO2S2/c17-14(16-9-11-5-6-11)10-18-13-4-2-1-3-12(13)15-19-7-8-20-15/h1-4,11,15H,5-10H2,(H,16,17). The van der Waals surface area contributed by atoms with Gasteiger partial charge in [0.1, 0.15) is 5.75 Å². The van der Waals surface area contributed by atoms with Crippen LogP contribution in [0.3, 0.4) is 0 Å². The topological polar surface area (TPSA) is 38.3 Å². The van der Waals surface area contributed by atoms with Gasteiger partial charge in [-0.1, -0.05) is 18.2 Å². The summed E-state index contributed by atoms with van der Waals surface area (Å²) in [5.74, 6) is 3.91. The van der Waals surface area contributed by atoms with E-state index >= 15 is 0 Å². The lowest BCUT2D eigenvalue weighted by molar-refractivity contribution is -0.123. The third kappa shape index (κ3) is 3.85. The minimum absolute atomic E-state index is 0.0153. The van der Waals surface area contributed by atoms with E-state index in [0.29, 0.717) is 10.5 Å². The molecule has 0 aromatic heterocycles. The van der Waals surface area contributed by atoms with E-state index < -0.39 is 0 Å². The van der Waals surface area contributed by atoms with Gasteiger partial charge in [-0.3, -0.25) is 4.79 Å². The lowest BCUT2D eigenvalue weighted by Crippen LogP contribution is -2.30. The number of benzene rings is 1. The van der Waals surface area contributed by atoms with Gasteiger partial charge < -0.3 is 10.1 Å². The zero-order valence-electron chi connectivity index (χ0n) is 11.3. The number of thioether (sulfide) groups is 2. The highest BCUT2D eigenvalue weighted by Crippen LogP contribution is 2.48. The van der Waals surface area contributed by atoms with Crippen molar-refractivity contribution >= 4 is 29.4 Å². The van der Waals surface area contributed by atoms with Crippen molar-refractivity contribution in [2.24, 2.45) is 5.92 Å². The fourth-order valence-electron chi connectivity index (χ4n) is 2.12. The summed E-state index contributed by atoms with van der Waals surface area (Å²) in [6.45, 7) is 0.921. The molecule has 20 heavy (non-hydrogen) atoms. The van der Waals surface area contributed by atoms with Crippen LogP contribution >= 0.6 is 23.5 Å². The second kappa shape index (κ2) is 6.76. The molecule has 3 rings (SSSR count). The Balaban J connectivity index is 1.54. The average molecular weight is 309 g/mol. The molecule has 1 saturated heterocycles. The van der Waals surface area contributed by atoms with Gasteiger partial charge in [0.2, 0.25) is 0 Å². The highest BCUT2D eigenvalue weighted by atomic mass is 32.2. The Morgan fingerprint density at radius 1 is 1.25 bits per heavy atom. The van der Waals surface area contributed by atoms with Crippen LogP contribution in [0.1, 0.15) is 23.0 Å². The number of nitrogens with one attached hydrogen (secondary N) is 1. The highest BCUT2D eigenvalue weighted by Gasteiger charge is 2.23. The molecule has 3 nitrogen and oxygen atoms in total. The van der Waals surface area contributed by atoms with E-state index in [1.165, 1.54) is 29.9 Å². The molecule has 1 aliphatic carbocycles. The van der Waals surface area contributed by atoms with Crippen molar-refractivity contribution < 1.29 is 9.53 Å². The second-order valence-corrected chi connectivity index (χ2v) is 7.87. The van der Waals surface area contributed by atoms with E-state index in [4.69, 9.17) is 4.74 Å². The van der Waals surface area contributed by atoms with E-state index in [9.17, 15) is 4.79 Å². The highest BCUT2D eigenvalue weighted by molar-refractivity contribution is 8.19. The van der Waals surface area contributed by atoms with Crippen molar-refractivity contribution in [3.8, 4) is 5.75 Å². The maximum atomic E-state index is 11.7. The summed E-state index contributed by atoms with van der Waals surface area (Å²) < 4.78 is 6.17. The number of hydrogen-bond donors (Lipinski definition) is 1. The molecule has 0 unspecified atom stereocenters. The number of carbonyl (C=O) groups excluding carboxylic acids is 1. The van der Waals surface area contributed by atoms with Crippen LogP contribution in [0.25, 0.3) is 0 Å². The van der Waals surface area contributed by atoms with E-state index in [2.05, 4.69) is 11.4 Å². The van der Waals surface area contributed by atoms with Gasteiger partial charge in [0.05, 0.1) is 4.58 Å². The maximum absolute atomic E-state index is 11.7. The molecule has 1 saturated carbocycles. The molecule has 2 fully saturated rings. The van der Waals surface area contributed by atoms with Gasteiger partial charge in [0, 0.05) is 23.6 Å². The molecule has 1 heterocycles. The van der Waals surface area contributed by atoms with Gasteiger partial charge in [0.25, 0.3) is 5.91 Å². The molecule has 1 aromatic carbocycles. The van der Waals surface area contributed by atoms with Gasteiger partial charge in [-0.05, 0) is 24.8 Å². The average Bonchev–Trinajstić information content (AvgIpc) is 3.15. The lowest BCUT2D eigenvalue weighted by atomic mass is 10.2. The van der Waals surface area contributed by atoms with E-state index in [1.54, 1.807) is 0 Å². The van der Waals surface area contributed by atoms with Crippen LogP contribution in [-0.4, -0.2) is 30.6 Å². The molecule has 0 bridgehead atoms. The second-order valence-electron chi connectivity index (χ2n) is 5.15. The fourth-order valence-corrected chi connectivity index (χ4v) is 5.03. The molecule has 1 N–H and O–H groups in total. The Morgan fingerprint density at radius 2 is 2.00 bits per heavy atom. The SMILES string of the molecule is O=C(COc1ccccc1C1SCCS1)NCC1CC1. The first kappa shape index (κ1) is 14.1. The summed E-state index contributed by atoms with van der Waals surface area (Å²) in [6.07, 6.45) is 2.50. The third-order valence-electron chi connectivity index (χ3n) is 3.44. The first-order chi connectivity index (χ1) is 9.83. The third-order valence-corrected chi connectivity index (χ3v) is 6.51. The van der Waals surface area contributed by atoms with Gasteiger partial charge in [-0.25, -0.2) is 0 Å². The summed E-state index contributed by atoms with van der Waals surface area (Å²) in [5, 5.41) is 2.93. The molecule has 1 amide bonds. The van der Waals surface area contributed by atoms with Gasteiger partial charge >= 0.3 is 0 Å². The van der Waals surface area contributed by atoms with E-state index in [0.717, 1.165) is 12.3 Å². The molecule has 108 valence electrons. The Labute approximate surface area is 128 Å². The largest absolute Gasteiger partial charge is 0.483 e. The van der Waals surface area contributed by atoms with Crippen molar-refractivity contribution in [3.05, 3.63) is 29.8 Å². The summed E-state index contributed by atoms with van der Waals surface area (Å²) in [7, 11) is 0.